The zero-order valence-corrected chi connectivity index (χ0v) is 23.3. The van der Waals surface area contributed by atoms with Gasteiger partial charge in [-0.1, -0.05) is 23.7 Å². The number of amides is 1. The molecular formula is C26H18BrCl3F4N2O2. The van der Waals surface area contributed by atoms with E-state index in [0.29, 0.717) is 27.9 Å². The first-order chi connectivity index (χ1) is 17.6. The van der Waals surface area contributed by atoms with Gasteiger partial charge in [-0.3, -0.25) is 9.59 Å². The highest BCUT2D eigenvalue weighted by Gasteiger charge is 2.67. The van der Waals surface area contributed by atoms with Gasteiger partial charge in [0.15, 0.2) is 5.78 Å². The van der Waals surface area contributed by atoms with Gasteiger partial charge in [0.25, 0.3) is 0 Å². The minimum absolute atomic E-state index is 0.00368. The van der Waals surface area contributed by atoms with Gasteiger partial charge in [-0.2, -0.15) is 13.2 Å². The molecule has 4 rings (SSSR count). The van der Waals surface area contributed by atoms with E-state index >= 15 is 0 Å². The zero-order chi connectivity index (χ0) is 28.2. The molecule has 38 heavy (non-hydrogen) atoms. The minimum Gasteiger partial charge on any atom is -0.398 e. The van der Waals surface area contributed by atoms with Crippen LogP contribution >= 0.6 is 50.7 Å². The Kier molecular flexibility index (Phi) is 7.80. The molecule has 0 radical (unpaired) electrons. The first-order valence-corrected chi connectivity index (χ1v) is 13.0. The molecule has 0 bridgehead atoms. The monoisotopic (exact) mass is 650 g/mol. The number of anilines is 2. The van der Waals surface area contributed by atoms with Gasteiger partial charge >= 0.3 is 6.18 Å². The van der Waals surface area contributed by atoms with Crippen molar-refractivity contribution in [1.82, 2.24) is 0 Å². The van der Waals surface area contributed by atoms with Crippen molar-refractivity contribution < 1.29 is 27.2 Å². The summed E-state index contributed by atoms with van der Waals surface area (Å²) in [7, 11) is 0. The van der Waals surface area contributed by atoms with Gasteiger partial charge in [-0.05, 0) is 75.9 Å². The lowest BCUT2D eigenvalue weighted by Crippen LogP contribution is -2.17. The number of hydrogen-bond donors (Lipinski definition) is 2. The van der Waals surface area contributed by atoms with Crippen LogP contribution < -0.4 is 11.1 Å². The van der Waals surface area contributed by atoms with E-state index in [1.165, 1.54) is 18.2 Å². The number of halogens is 8. The third-order valence-corrected chi connectivity index (χ3v) is 8.41. The van der Waals surface area contributed by atoms with E-state index in [1.807, 2.05) is 0 Å². The van der Waals surface area contributed by atoms with Crippen LogP contribution in [0.4, 0.5) is 28.9 Å². The molecule has 2 atom stereocenters. The summed E-state index contributed by atoms with van der Waals surface area (Å²) in [5.41, 5.74) is 6.83. The number of carbonyl (C=O) groups is 2. The Hall–Kier alpha value is -2.33. The maximum Gasteiger partial charge on any atom is 0.419 e. The molecule has 1 amide bonds. The van der Waals surface area contributed by atoms with Gasteiger partial charge in [0.05, 0.1) is 16.5 Å². The fourth-order valence-electron chi connectivity index (χ4n) is 4.26. The van der Waals surface area contributed by atoms with Crippen LogP contribution in [-0.2, 0) is 17.4 Å². The van der Waals surface area contributed by atoms with Crippen molar-refractivity contribution in [3.05, 3.63) is 91.7 Å². The molecule has 1 aliphatic rings. The summed E-state index contributed by atoms with van der Waals surface area (Å²) in [4.78, 5) is 26.0. The molecule has 0 heterocycles. The van der Waals surface area contributed by atoms with Gasteiger partial charge in [0, 0.05) is 33.7 Å². The molecule has 3 aromatic carbocycles. The number of Topliss-reactive ketones (excluding diaryl/α,β-unsaturated/α-hetero) is 1. The second kappa shape index (κ2) is 10.3. The predicted molar refractivity (Wildman–Crippen MR) is 143 cm³/mol. The SMILES string of the molecule is Cc1c(CC(=O)c2cc(NC(=O)[C@H]3[C@H](c4ccc(F)c(C(F)(F)F)c4)C3(Cl)Cl)ccc2Cl)ccc(Br)c1N. The molecule has 3 aromatic rings. The number of nitrogens with one attached hydrogen (secondary N) is 1. The van der Waals surface area contributed by atoms with E-state index in [4.69, 9.17) is 40.5 Å². The summed E-state index contributed by atoms with van der Waals surface area (Å²) in [5.74, 6) is -4.59. The molecule has 0 spiro atoms. The van der Waals surface area contributed by atoms with Gasteiger partial charge in [-0.15, -0.1) is 23.2 Å². The summed E-state index contributed by atoms with van der Waals surface area (Å²) in [5, 5.41) is 2.75. The summed E-state index contributed by atoms with van der Waals surface area (Å²) in [6.07, 6.45) is -4.93. The van der Waals surface area contributed by atoms with Crippen molar-refractivity contribution in [2.75, 3.05) is 11.1 Å². The molecular weight excluding hydrogens is 635 g/mol. The number of benzene rings is 3. The quantitative estimate of drug-likeness (QED) is 0.122. The van der Waals surface area contributed by atoms with Crippen LogP contribution in [0.3, 0.4) is 0 Å². The van der Waals surface area contributed by atoms with Crippen molar-refractivity contribution in [2.45, 2.75) is 29.8 Å². The van der Waals surface area contributed by atoms with E-state index in [0.717, 1.165) is 11.6 Å². The molecule has 0 aliphatic heterocycles. The van der Waals surface area contributed by atoms with Gasteiger partial charge in [0.2, 0.25) is 5.91 Å². The van der Waals surface area contributed by atoms with Crippen LogP contribution in [0.15, 0.2) is 53.0 Å². The van der Waals surface area contributed by atoms with Gasteiger partial charge < -0.3 is 11.1 Å². The topological polar surface area (TPSA) is 72.2 Å². The maximum absolute atomic E-state index is 13.7. The Morgan fingerprint density at radius 3 is 2.45 bits per heavy atom. The Morgan fingerprint density at radius 1 is 1.11 bits per heavy atom. The molecule has 1 saturated carbocycles. The van der Waals surface area contributed by atoms with Crippen molar-refractivity contribution in [3.63, 3.8) is 0 Å². The van der Waals surface area contributed by atoms with Crippen LogP contribution in [0.25, 0.3) is 0 Å². The Bertz CT molecular complexity index is 1460. The molecule has 3 N–H and O–H groups in total. The summed E-state index contributed by atoms with van der Waals surface area (Å²) >= 11 is 22.1. The van der Waals surface area contributed by atoms with Crippen LogP contribution in [0, 0.1) is 18.7 Å². The molecule has 12 heteroatoms. The van der Waals surface area contributed by atoms with Crippen LogP contribution in [-0.4, -0.2) is 16.0 Å². The Balaban J connectivity index is 1.53. The number of carbonyl (C=O) groups excluding carboxylic acids is 2. The molecule has 200 valence electrons. The number of rotatable bonds is 6. The fourth-order valence-corrected chi connectivity index (χ4v) is 5.74. The summed E-state index contributed by atoms with van der Waals surface area (Å²) in [6, 6.07) is 10.2. The van der Waals surface area contributed by atoms with Gasteiger partial charge in [-0.25, -0.2) is 4.39 Å². The van der Waals surface area contributed by atoms with Crippen LogP contribution in [0.2, 0.25) is 5.02 Å². The highest BCUT2D eigenvalue weighted by molar-refractivity contribution is 9.10. The standard InChI is InChI=1S/C26H18BrCl3F4N2O2/c1-11-12(2-5-17(27)23(11)35)9-20(37)15-10-14(4-6-18(15)28)36-24(38)22-21(25(22,29)30)13-3-7-19(31)16(8-13)26(32,33)34/h2-8,10,21-22H,9,35H2,1H3,(H,36,38)/t21-,22+/m0/s1. The van der Waals surface area contributed by atoms with Crippen LogP contribution in [0.5, 0.6) is 0 Å². The summed E-state index contributed by atoms with van der Waals surface area (Å²) < 4.78 is 52.1. The lowest BCUT2D eigenvalue weighted by Gasteiger charge is -2.12. The molecule has 0 aromatic heterocycles. The second-order valence-corrected chi connectivity index (χ2v) is 11.6. The van der Waals surface area contributed by atoms with Crippen molar-refractivity contribution >= 4 is 73.8 Å². The van der Waals surface area contributed by atoms with E-state index in [-0.39, 0.29) is 34.0 Å². The van der Waals surface area contributed by atoms with E-state index in [9.17, 15) is 27.2 Å². The first-order valence-electron chi connectivity index (χ1n) is 11.0. The highest BCUT2D eigenvalue weighted by Crippen LogP contribution is 2.65. The number of ketones is 1. The van der Waals surface area contributed by atoms with Crippen molar-refractivity contribution in [1.29, 1.82) is 0 Å². The normalized spacial score (nSPS) is 18.2. The molecule has 0 unspecified atom stereocenters. The minimum atomic E-state index is -4.93. The molecule has 1 aliphatic carbocycles. The largest absolute Gasteiger partial charge is 0.419 e. The van der Waals surface area contributed by atoms with E-state index < -0.39 is 39.6 Å². The third kappa shape index (κ3) is 5.52. The van der Waals surface area contributed by atoms with E-state index in [2.05, 4.69) is 21.2 Å². The lowest BCUT2D eigenvalue weighted by atomic mass is 9.98. The Morgan fingerprint density at radius 2 is 1.79 bits per heavy atom. The fraction of sp³-hybridized carbons (Fsp3) is 0.231. The third-order valence-electron chi connectivity index (χ3n) is 6.45. The number of hydrogen-bond acceptors (Lipinski definition) is 3. The molecule has 0 saturated heterocycles. The summed E-state index contributed by atoms with van der Waals surface area (Å²) in [6.45, 7) is 1.79. The number of alkyl halides is 5. The lowest BCUT2D eigenvalue weighted by molar-refractivity contribution is -0.140. The Labute approximate surface area is 238 Å². The smallest absolute Gasteiger partial charge is 0.398 e. The predicted octanol–water partition coefficient (Wildman–Crippen LogP) is 8.10. The zero-order valence-electron chi connectivity index (χ0n) is 19.4. The van der Waals surface area contributed by atoms with Crippen molar-refractivity contribution in [3.8, 4) is 0 Å². The second-order valence-electron chi connectivity index (χ2n) is 8.90. The van der Waals surface area contributed by atoms with Crippen molar-refractivity contribution in [2.24, 2.45) is 5.92 Å². The highest BCUT2D eigenvalue weighted by atomic mass is 79.9. The average Bonchev–Trinajstić information content (AvgIpc) is 3.42. The number of nitrogens with two attached hydrogens (primary N) is 1. The van der Waals surface area contributed by atoms with Crippen LogP contribution in [0.1, 0.15) is 38.5 Å². The molecule has 4 nitrogen and oxygen atoms in total. The maximum atomic E-state index is 13.7. The number of nitrogen functional groups attached to an aromatic ring is 1. The average molecular weight is 653 g/mol. The molecule has 1 fully saturated rings. The first kappa shape index (κ1) is 28.7. The van der Waals surface area contributed by atoms with E-state index in [1.54, 1.807) is 19.1 Å². The van der Waals surface area contributed by atoms with Gasteiger partial charge in [0.1, 0.15) is 10.2 Å².